The Hall–Kier alpha value is -1.76. The first kappa shape index (κ1) is 18.6. The maximum Gasteiger partial charge on any atom is 0.250 e. The van der Waals surface area contributed by atoms with Crippen molar-refractivity contribution in [1.82, 2.24) is 15.2 Å². The second-order valence-electron chi connectivity index (χ2n) is 6.18. The SMILES string of the molecule is Cc1ccn(CCNC(=O)CSCC(=O)NCC2CCC2)c(=O)c1. The number of hydrogen-bond acceptors (Lipinski definition) is 4. The van der Waals surface area contributed by atoms with Crippen molar-refractivity contribution in [3.8, 4) is 0 Å². The molecule has 0 aliphatic heterocycles. The van der Waals surface area contributed by atoms with Crippen molar-refractivity contribution in [1.29, 1.82) is 0 Å². The average molecular weight is 351 g/mol. The highest BCUT2D eigenvalue weighted by Crippen LogP contribution is 2.25. The summed E-state index contributed by atoms with van der Waals surface area (Å²) in [5.74, 6) is 1.07. The van der Waals surface area contributed by atoms with Gasteiger partial charge in [-0.1, -0.05) is 6.42 Å². The minimum atomic E-state index is -0.119. The Morgan fingerprint density at radius 1 is 1.25 bits per heavy atom. The lowest BCUT2D eigenvalue weighted by molar-refractivity contribution is -0.119. The van der Waals surface area contributed by atoms with Crippen molar-refractivity contribution in [2.75, 3.05) is 24.6 Å². The van der Waals surface area contributed by atoms with Gasteiger partial charge in [0.25, 0.3) is 5.56 Å². The molecule has 7 heteroatoms. The third-order valence-electron chi connectivity index (χ3n) is 4.11. The summed E-state index contributed by atoms with van der Waals surface area (Å²) < 4.78 is 1.56. The zero-order chi connectivity index (χ0) is 17.4. The van der Waals surface area contributed by atoms with Crippen molar-refractivity contribution in [3.63, 3.8) is 0 Å². The van der Waals surface area contributed by atoms with E-state index in [-0.39, 0.29) is 23.1 Å². The van der Waals surface area contributed by atoms with E-state index in [2.05, 4.69) is 10.6 Å². The van der Waals surface area contributed by atoms with E-state index in [0.29, 0.717) is 24.8 Å². The topological polar surface area (TPSA) is 80.2 Å². The van der Waals surface area contributed by atoms with Gasteiger partial charge in [0.2, 0.25) is 11.8 Å². The molecule has 2 rings (SSSR count). The second-order valence-corrected chi connectivity index (χ2v) is 7.17. The molecule has 132 valence electrons. The van der Waals surface area contributed by atoms with Gasteiger partial charge < -0.3 is 15.2 Å². The van der Waals surface area contributed by atoms with E-state index in [1.165, 1.54) is 31.0 Å². The van der Waals surface area contributed by atoms with Gasteiger partial charge in [-0.05, 0) is 37.3 Å². The molecule has 0 atom stereocenters. The average Bonchev–Trinajstić information content (AvgIpc) is 2.48. The van der Waals surface area contributed by atoms with E-state index in [1.54, 1.807) is 16.8 Å². The zero-order valence-corrected chi connectivity index (χ0v) is 14.9. The van der Waals surface area contributed by atoms with Gasteiger partial charge in [-0.3, -0.25) is 14.4 Å². The zero-order valence-electron chi connectivity index (χ0n) is 14.0. The number of pyridine rings is 1. The number of thioether (sulfide) groups is 1. The Morgan fingerprint density at radius 2 is 1.96 bits per heavy atom. The van der Waals surface area contributed by atoms with E-state index in [0.717, 1.165) is 12.1 Å². The third kappa shape index (κ3) is 6.39. The van der Waals surface area contributed by atoms with Gasteiger partial charge in [-0.15, -0.1) is 11.8 Å². The first-order valence-electron chi connectivity index (χ1n) is 8.33. The maximum atomic E-state index is 11.7. The minimum absolute atomic E-state index is 0.00842. The number of aryl methyl sites for hydroxylation is 1. The first-order chi connectivity index (χ1) is 11.5. The Bertz CT molecular complexity index is 626. The Kier molecular flexibility index (Phi) is 7.36. The van der Waals surface area contributed by atoms with Crippen molar-refractivity contribution in [2.45, 2.75) is 32.7 Å². The van der Waals surface area contributed by atoms with E-state index < -0.39 is 0 Å². The summed E-state index contributed by atoms with van der Waals surface area (Å²) in [4.78, 5) is 35.1. The largest absolute Gasteiger partial charge is 0.355 e. The van der Waals surface area contributed by atoms with Gasteiger partial charge in [-0.25, -0.2) is 0 Å². The highest BCUT2D eigenvalue weighted by atomic mass is 32.2. The molecule has 1 fully saturated rings. The van der Waals surface area contributed by atoms with Crippen LogP contribution >= 0.6 is 11.8 Å². The number of hydrogen-bond donors (Lipinski definition) is 2. The third-order valence-corrected chi connectivity index (χ3v) is 5.04. The molecule has 0 saturated heterocycles. The molecule has 0 unspecified atom stereocenters. The normalized spacial score (nSPS) is 14.0. The molecule has 0 radical (unpaired) electrons. The van der Waals surface area contributed by atoms with Crippen LogP contribution in [-0.4, -0.2) is 41.0 Å². The summed E-state index contributed by atoms with van der Waals surface area (Å²) >= 11 is 1.31. The fourth-order valence-electron chi connectivity index (χ4n) is 2.40. The molecule has 1 saturated carbocycles. The molecule has 1 heterocycles. The molecule has 2 N–H and O–H groups in total. The van der Waals surface area contributed by atoms with Crippen LogP contribution in [0.15, 0.2) is 23.1 Å². The predicted molar refractivity (Wildman–Crippen MR) is 96.1 cm³/mol. The number of aromatic nitrogens is 1. The Labute approximate surface area is 146 Å². The number of rotatable bonds is 9. The highest BCUT2D eigenvalue weighted by Gasteiger charge is 2.17. The van der Waals surface area contributed by atoms with E-state index >= 15 is 0 Å². The van der Waals surface area contributed by atoms with E-state index in [9.17, 15) is 14.4 Å². The number of nitrogens with one attached hydrogen (secondary N) is 2. The molecule has 0 bridgehead atoms. The molecule has 1 aliphatic carbocycles. The summed E-state index contributed by atoms with van der Waals surface area (Å²) in [5, 5.41) is 5.67. The molecule has 2 amide bonds. The molecular formula is C17H25N3O3S. The summed E-state index contributed by atoms with van der Waals surface area (Å²) in [7, 11) is 0. The molecular weight excluding hydrogens is 326 g/mol. The number of amides is 2. The van der Waals surface area contributed by atoms with Crippen LogP contribution in [0.4, 0.5) is 0 Å². The number of carbonyl (C=O) groups is 2. The van der Waals surface area contributed by atoms with Gasteiger partial charge in [0.05, 0.1) is 11.5 Å². The predicted octanol–water partition coefficient (Wildman–Crippen LogP) is 0.922. The molecule has 1 aliphatic rings. The summed E-state index contributed by atoms with van der Waals surface area (Å²) in [6, 6.07) is 3.43. The molecule has 0 spiro atoms. The lowest BCUT2D eigenvalue weighted by Crippen LogP contribution is -2.34. The lowest BCUT2D eigenvalue weighted by Gasteiger charge is -2.25. The van der Waals surface area contributed by atoms with Gasteiger partial charge in [0, 0.05) is 31.9 Å². The van der Waals surface area contributed by atoms with Crippen LogP contribution in [-0.2, 0) is 16.1 Å². The van der Waals surface area contributed by atoms with Crippen LogP contribution in [0.25, 0.3) is 0 Å². The molecule has 1 aromatic rings. The van der Waals surface area contributed by atoms with Crippen molar-refractivity contribution in [2.24, 2.45) is 5.92 Å². The van der Waals surface area contributed by atoms with E-state index in [4.69, 9.17) is 0 Å². The van der Waals surface area contributed by atoms with Crippen LogP contribution in [0.5, 0.6) is 0 Å². The number of nitrogens with zero attached hydrogens (tertiary/aromatic N) is 1. The van der Waals surface area contributed by atoms with Crippen molar-refractivity contribution in [3.05, 3.63) is 34.2 Å². The van der Waals surface area contributed by atoms with Crippen LogP contribution in [0, 0.1) is 12.8 Å². The molecule has 24 heavy (non-hydrogen) atoms. The second kappa shape index (κ2) is 9.52. The van der Waals surface area contributed by atoms with Crippen LogP contribution in [0.1, 0.15) is 24.8 Å². The fraction of sp³-hybridized carbons (Fsp3) is 0.588. The molecule has 1 aromatic heterocycles. The van der Waals surface area contributed by atoms with Gasteiger partial charge in [-0.2, -0.15) is 0 Å². The van der Waals surface area contributed by atoms with E-state index in [1.807, 2.05) is 13.0 Å². The van der Waals surface area contributed by atoms with Gasteiger partial charge in [0.1, 0.15) is 0 Å². The highest BCUT2D eigenvalue weighted by molar-refractivity contribution is 8.00. The number of carbonyl (C=O) groups excluding carboxylic acids is 2. The van der Waals surface area contributed by atoms with Crippen molar-refractivity contribution >= 4 is 23.6 Å². The van der Waals surface area contributed by atoms with Crippen LogP contribution < -0.4 is 16.2 Å². The monoisotopic (exact) mass is 351 g/mol. The standard InChI is InChI=1S/C17H25N3O3S/c1-13-5-7-20(17(23)9-13)8-6-18-15(21)11-24-12-16(22)19-10-14-3-2-4-14/h5,7,9,14H,2-4,6,8,10-12H2,1H3,(H,18,21)(H,19,22). The summed E-state index contributed by atoms with van der Waals surface area (Å²) in [6.07, 6.45) is 5.41. The quantitative estimate of drug-likeness (QED) is 0.693. The summed E-state index contributed by atoms with van der Waals surface area (Å²) in [6.45, 7) is 3.47. The smallest absolute Gasteiger partial charge is 0.250 e. The Balaban J connectivity index is 1.54. The van der Waals surface area contributed by atoms with Gasteiger partial charge >= 0.3 is 0 Å². The van der Waals surface area contributed by atoms with Crippen LogP contribution in [0.2, 0.25) is 0 Å². The Morgan fingerprint density at radius 3 is 2.58 bits per heavy atom. The van der Waals surface area contributed by atoms with Gasteiger partial charge in [0.15, 0.2) is 0 Å². The fourth-order valence-corrected chi connectivity index (χ4v) is 3.08. The molecule has 0 aromatic carbocycles. The van der Waals surface area contributed by atoms with Crippen molar-refractivity contribution < 1.29 is 9.59 Å². The lowest BCUT2D eigenvalue weighted by atomic mass is 9.85. The minimum Gasteiger partial charge on any atom is -0.355 e. The van der Waals surface area contributed by atoms with Crippen LogP contribution in [0.3, 0.4) is 0 Å². The summed E-state index contributed by atoms with van der Waals surface area (Å²) in [5.41, 5.74) is 0.856. The molecule has 6 nitrogen and oxygen atoms in total. The maximum absolute atomic E-state index is 11.7. The first-order valence-corrected chi connectivity index (χ1v) is 9.48.